The molecule has 20 heavy (non-hydrogen) atoms. The number of aromatic carboxylic acids is 1. The lowest BCUT2D eigenvalue weighted by Crippen LogP contribution is -1.99. The zero-order valence-corrected chi connectivity index (χ0v) is 11.6. The Labute approximate surface area is 122 Å². The van der Waals surface area contributed by atoms with Gasteiger partial charge in [-0.15, -0.1) is 11.3 Å². The van der Waals surface area contributed by atoms with Gasteiger partial charge in [0.2, 0.25) is 0 Å². The number of hydrogen-bond acceptors (Lipinski definition) is 5. The van der Waals surface area contributed by atoms with Crippen molar-refractivity contribution in [3.63, 3.8) is 0 Å². The number of carboxylic acid groups (broad SMARTS) is 1. The van der Waals surface area contributed by atoms with E-state index < -0.39 is 10.9 Å². The fourth-order valence-corrected chi connectivity index (χ4v) is 2.52. The molecule has 1 aromatic carbocycles. The number of nitro groups is 1. The third kappa shape index (κ3) is 3.25. The summed E-state index contributed by atoms with van der Waals surface area (Å²) >= 11 is 7.02. The first-order valence-corrected chi connectivity index (χ1v) is 6.71. The van der Waals surface area contributed by atoms with Gasteiger partial charge >= 0.3 is 5.97 Å². The second-order valence-electron chi connectivity index (χ2n) is 3.88. The van der Waals surface area contributed by atoms with Crippen molar-refractivity contribution in [3.8, 4) is 0 Å². The average Bonchev–Trinajstić information content (AvgIpc) is 2.86. The smallest absolute Gasteiger partial charge is 0.336 e. The van der Waals surface area contributed by atoms with E-state index >= 15 is 0 Å². The highest BCUT2D eigenvalue weighted by Gasteiger charge is 2.13. The Morgan fingerprint density at radius 1 is 1.45 bits per heavy atom. The van der Waals surface area contributed by atoms with Gasteiger partial charge in [0.05, 0.1) is 10.5 Å². The summed E-state index contributed by atoms with van der Waals surface area (Å²) < 4.78 is 0. The fourth-order valence-electron chi connectivity index (χ4n) is 1.54. The number of halogens is 1. The minimum absolute atomic E-state index is 0.0739. The Kier molecular flexibility index (Phi) is 4.21. The SMILES string of the molecule is O=C(O)c1csc(CNc2ccc(Cl)c([N+](=O)[O-])c2)c1. The molecular formula is C12H9ClN2O4S. The molecule has 2 aromatic rings. The van der Waals surface area contributed by atoms with Crippen molar-refractivity contribution in [3.05, 3.63) is 55.2 Å². The molecule has 104 valence electrons. The summed E-state index contributed by atoms with van der Waals surface area (Å²) in [5.41, 5.74) is 0.606. The Morgan fingerprint density at radius 3 is 2.80 bits per heavy atom. The first kappa shape index (κ1) is 14.3. The van der Waals surface area contributed by atoms with E-state index in [9.17, 15) is 14.9 Å². The molecule has 0 bridgehead atoms. The number of benzene rings is 1. The molecule has 1 heterocycles. The molecule has 2 rings (SSSR count). The van der Waals surface area contributed by atoms with Crippen LogP contribution in [0.3, 0.4) is 0 Å². The van der Waals surface area contributed by atoms with Gasteiger partial charge < -0.3 is 10.4 Å². The zero-order valence-electron chi connectivity index (χ0n) is 10.00. The first-order chi connectivity index (χ1) is 9.47. The second kappa shape index (κ2) is 5.89. The van der Waals surface area contributed by atoms with Crippen LogP contribution in [0.5, 0.6) is 0 Å². The molecule has 0 atom stereocenters. The van der Waals surface area contributed by atoms with E-state index in [0.29, 0.717) is 12.2 Å². The molecule has 0 aliphatic carbocycles. The van der Waals surface area contributed by atoms with Crippen LogP contribution >= 0.6 is 22.9 Å². The monoisotopic (exact) mass is 312 g/mol. The molecule has 1 aromatic heterocycles. The Hall–Kier alpha value is -2.12. The number of carbonyl (C=O) groups is 1. The molecule has 2 N–H and O–H groups in total. The lowest BCUT2D eigenvalue weighted by Gasteiger charge is -2.05. The number of nitro benzene ring substituents is 1. The van der Waals surface area contributed by atoms with E-state index in [0.717, 1.165) is 4.88 Å². The van der Waals surface area contributed by atoms with Gasteiger partial charge in [-0.1, -0.05) is 11.6 Å². The van der Waals surface area contributed by atoms with Gasteiger partial charge in [0.15, 0.2) is 0 Å². The second-order valence-corrected chi connectivity index (χ2v) is 5.29. The summed E-state index contributed by atoms with van der Waals surface area (Å²) in [6.07, 6.45) is 0. The maximum atomic E-state index is 10.8. The third-order valence-electron chi connectivity index (χ3n) is 2.51. The van der Waals surface area contributed by atoms with Crippen molar-refractivity contribution in [2.45, 2.75) is 6.54 Å². The van der Waals surface area contributed by atoms with E-state index in [1.54, 1.807) is 17.5 Å². The first-order valence-electron chi connectivity index (χ1n) is 5.46. The van der Waals surface area contributed by atoms with Gasteiger partial charge in [0.25, 0.3) is 5.69 Å². The zero-order chi connectivity index (χ0) is 14.7. The van der Waals surface area contributed by atoms with E-state index in [2.05, 4.69) is 5.32 Å². The van der Waals surface area contributed by atoms with Crippen molar-refractivity contribution in [2.24, 2.45) is 0 Å². The van der Waals surface area contributed by atoms with Crippen LogP contribution in [0.1, 0.15) is 15.2 Å². The number of nitrogens with one attached hydrogen (secondary N) is 1. The largest absolute Gasteiger partial charge is 0.478 e. The van der Waals surface area contributed by atoms with Crippen LogP contribution in [0, 0.1) is 10.1 Å². The minimum atomic E-state index is -0.977. The summed E-state index contributed by atoms with van der Waals surface area (Å²) in [6, 6.07) is 5.97. The minimum Gasteiger partial charge on any atom is -0.478 e. The number of nitrogens with zero attached hydrogens (tertiary/aromatic N) is 1. The standard InChI is InChI=1S/C12H9ClN2O4S/c13-10-2-1-8(4-11(10)15(18)19)14-5-9-3-7(6-20-9)12(16)17/h1-4,6,14H,5H2,(H,16,17). The number of rotatable bonds is 5. The summed E-state index contributed by atoms with van der Waals surface area (Å²) in [6.45, 7) is 0.386. The van der Waals surface area contributed by atoms with Crippen LogP contribution in [0.4, 0.5) is 11.4 Å². The van der Waals surface area contributed by atoms with E-state index in [1.165, 1.54) is 23.5 Å². The molecule has 0 aliphatic heterocycles. The molecule has 0 fully saturated rings. The van der Waals surface area contributed by atoms with E-state index in [4.69, 9.17) is 16.7 Å². The third-order valence-corrected chi connectivity index (χ3v) is 3.77. The maximum Gasteiger partial charge on any atom is 0.336 e. The number of thiophene rings is 1. The Morgan fingerprint density at radius 2 is 2.20 bits per heavy atom. The van der Waals surface area contributed by atoms with Crippen LogP contribution in [0.2, 0.25) is 5.02 Å². The van der Waals surface area contributed by atoms with Gasteiger partial charge in [-0.25, -0.2) is 4.79 Å². The molecule has 0 saturated heterocycles. The van der Waals surface area contributed by atoms with Gasteiger partial charge in [-0.3, -0.25) is 10.1 Å². The van der Waals surface area contributed by atoms with E-state index in [1.807, 2.05) is 0 Å². The molecule has 0 saturated carbocycles. The average molecular weight is 313 g/mol. The molecule has 8 heteroatoms. The number of anilines is 1. The Bertz CT molecular complexity index is 671. The fraction of sp³-hybridized carbons (Fsp3) is 0.0833. The molecule has 0 unspecified atom stereocenters. The molecule has 0 aliphatic rings. The van der Waals surface area contributed by atoms with Crippen molar-refractivity contribution in [1.82, 2.24) is 0 Å². The van der Waals surface area contributed by atoms with Gasteiger partial charge in [-0.05, 0) is 18.2 Å². The van der Waals surface area contributed by atoms with Crippen molar-refractivity contribution in [2.75, 3.05) is 5.32 Å². The van der Waals surface area contributed by atoms with Crippen LogP contribution < -0.4 is 5.32 Å². The van der Waals surface area contributed by atoms with Crippen molar-refractivity contribution >= 4 is 40.3 Å². The normalized spacial score (nSPS) is 10.2. The molecule has 6 nitrogen and oxygen atoms in total. The topological polar surface area (TPSA) is 92.5 Å². The number of hydrogen-bond donors (Lipinski definition) is 2. The molecule has 0 spiro atoms. The summed E-state index contributed by atoms with van der Waals surface area (Å²) in [5, 5.41) is 24.2. The lowest BCUT2D eigenvalue weighted by molar-refractivity contribution is -0.384. The number of carboxylic acids is 1. The van der Waals surface area contributed by atoms with Crippen LogP contribution in [0.15, 0.2) is 29.6 Å². The predicted molar refractivity (Wildman–Crippen MR) is 76.7 cm³/mol. The molecule has 0 radical (unpaired) electrons. The highest BCUT2D eigenvalue weighted by atomic mass is 35.5. The van der Waals surface area contributed by atoms with Crippen molar-refractivity contribution < 1.29 is 14.8 Å². The van der Waals surface area contributed by atoms with Crippen molar-refractivity contribution in [1.29, 1.82) is 0 Å². The van der Waals surface area contributed by atoms with Crippen LogP contribution in [0.25, 0.3) is 0 Å². The summed E-state index contributed by atoms with van der Waals surface area (Å²) in [7, 11) is 0. The van der Waals surface area contributed by atoms with Gasteiger partial charge in [0.1, 0.15) is 5.02 Å². The van der Waals surface area contributed by atoms with Gasteiger partial charge in [0, 0.05) is 28.6 Å². The maximum absolute atomic E-state index is 10.8. The summed E-state index contributed by atoms with van der Waals surface area (Å²) in [4.78, 5) is 21.8. The molecular weight excluding hydrogens is 304 g/mol. The lowest BCUT2D eigenvalue weighted by atomic mass is 10.2. The van der Waals surface area contributed by atoms with Gasteiger partial charge in [-0.2, -0.15) is 0 Å². The highest BCUT2D eigenvalue weighted by Crippen LogP contribution is 2.27. The quantitative estimate of drug-likeness (QED) is 0.649. The van der Waals surface area contributed by atoms with E-state index in [-0.39, 0.29) is 16.3 Å². The molecule has 0 amide bonds. The highest BCUT2D eigenvalue weighted by molar-refractivity contribution is 7.10. The summed E-state index contributed by atoms with van der Waals surface area (Å²) in [5.74, 6) is -0.977. The van der Waals surface area contributed by atoms with Crippen LogP contribution in [-0.2, 0) is 6.54 Å². The van der Waals surface area contributed by atoms with Crippen LogP contribution in [-0.4, -0.2) is 16.0 Å². The predicted octanol–water partition coefficient (Wildman–Crippen LogP) is 3.62. The Balaban J connectivity index is 2.08.